The second-order valence-electron chi connectivity index (χ2n) is 8.10. The lowest BCUT2D eigenvalue weighted by Gasteiger charge is -2.12. The monoisotopic (exact) mass is 542 g/mol. The number of imidazole rings is 1. The number of aromatic amines is 1. The largest absolute Gasteiger partial charge is 0.481 e. The smallest absolute Gasteiger partial charge is 0.251 e. The van der Waals surface area contributed by atoms with Crippen LogP contribution in [0.5, 0.6) is 5.88 Å². The molecule has 5 rings (SSSR count). The van der Waals surface area contributed by atoms with E-state index in [2.05, 4.69) is 46.5 Å². The van der Waals surface area contributed by atoms with Gasteiger partial charge in [-0.05, 0) is 51.8 Å². The number of pyridine rings is 2. The Hall–Kier alpha value is -4.24. The summed E-state index contributed by atoms with van der Waals surface area (Å²) in [5.74, 6) is 0.987. The zero-order valence-electron chi connectivity index (χ0n) is 19.5. The Balaban J connectivity index is 1.45. The summed E-state index contributed by atoms with van der Waals surface area (Å²) in [5, 5.41) is 6.37. The van der Waals surface area contributed by atoms with Crippen LogP contribution in [0.15, 0.2) is 83.5 Å². The van der Waals surface area contributed by atoms with Crippen LogP contribution in [0.1, 0.15) is 21.6 Å². The highest BCUT2D eigenvalue weighted by atomic mass is 79.9. The minimum Gasteiger partial charge on any atom is -0.481 e. The predicted molar refractivity (Wildman–Crippen MR) is 143 cm³/mol. The number of nitrogens with zero attached hydrogens (tertiary/aromatic N) is 3. The number of ether oxygens (including phenoxy) is 1. The van der Waals surface area contributed by atoms with Crippen LogP contribution in [-0.2, 0) is 13.1 Å². The lowest BCUT2D eigenvalue weighted by Crippen LogP contribution is -2.23. The first-order chi connectivity index (χ1) is 17.6. The van der Waals surface area contributed by atoms with E-state index in [1.165, 1.54) is 0 Å². The molecule has 0 spiro atoms. The number of hydrogen-bond acceptors (Lipinski definition) is 6. The number of carbonyl (C=O) groups is 1. The van der Waals surface area contributed by atoms with Crippen molar-refractivity contribution in [3.05, 3.63) is 100 Å². The molecule has 2 aromatic carbocycles. The number of H-pyrrole nitrogens is 1. The van der Waals surface area contributed by atoms with Gasteiger partial charge in [-0.2, -0.15) is 0 Å². The molecule has 9 heteroatoms. The van der Waals surface area contributed by atoms with E-state index in [1.54, 1.807) is 19.4 Å². The molecule has 0 aliphatic carbocycles. The van der Waals surface area contributed by atoms with Crippen molar-refractivity contribution >= 4 is 38.7 Å². The van der Waals surface area contributed by atoms with E-state index in [1.807, 2.05) is 66.7 Å². The first-order valence-corrected chi connectivity index (χ1v) is 12.1. The predicted octanol–water partition coefficient (Wildman–Crippen LogP) is 5.33. The van der Waals surface area contributed by atoms with Crippen molar-refractivity contribution in [1.29, 1.82) is 0 Å². The number of hydrogen-bond donors (Lipinski definition) is 3. The standard InChI is InChI=1S/C27H23BrN6O2/c1-36-24-9-5-8-21(32-24)16-29-22-11-18(25-33-23-13-20(28)15-30-26(23)34-25)10-19(12-22)27(35)31-14-17-6-3-2-4-7-17/h2-13,15,29H,14,16H2,1H3,(H,31,35)(H,30,33,34). The van der Waals surface area contributed by atoms with Crippen LogP contribution in [0.25, 0.3) is 22.6 Å². The fourth-order valence-corrected chi connectivity index (χ4v) is 4.08. The number of halogens is 1. The van der Waals surface area contributed by atoms with Gasteiger partial charge in [0.15, 0.2) is 5.65 Å². The SMILES string of the molecule is COc1cccc(CNc2cc(C(=O)NCc3ccccc3)cc(-c3nc4ncc(Br)cc4[nH]3)c2)n1. The molecule has 0 aliphatic heterocycles. The highest BCUT2D eigenvalue weighted by molar-refractivity contribution is 9.10. The second-order valence-corrected chi connectivity index (χ2v) is 9.02. The van der Waals surface area contributed by atoms with Gasteiger partial charge >= 0.3 is 0 Å². The highest BCUT2D eigenvalue weighted by Gasteiger charge is 2.14. The molecule has 0 saturated heterocycles. The van der Waals surface area contributed by atoms with E-state index in [0.29, 0.717) is 36.0 Å². The molecule has 5 aromatic rings. The highest BCUT2D eigenvalue weighted by Crippen LogP contribution is 2.26. The summed E-state index contributed by atoms with van der Waals surface area (Å²) in [7, 11) is 1.59. The molecule has 0 bridgehead atoms. The Bertz CT molecular complexity index is 1520. The topological polar surface area (TPSA) is 105 Å². The molecule has 0 radical (unpaired) electrons. The van der Waals surface area contributed by atoms with Crippen molar-refractivity contribution in [2.75, 3.05) is 12.4 Å². The molecule has 180 valence electrons. The third-order valence-electron chi connectivity index (χ3n) is 5.53. The first kappa shape index (κ1) is 23.5. The van der Waals surface area contributed by atoms with E-state index >= 15 is 0 Å². The Labute approximate surface area is 216 Å². The molecular formula is C27H23BrN6O2. The lowest BCUT2D eigenvalue weighted by atomic mass is 10.1. The normalized spacial score (nSPS) is 10.8. The van der Waals surface area contributed by atoms with Crippen LogP contribution in [-0.4, -0.2) is 33.0 Å². The summed E-state index contributed by atoms with van der Waals surface area (Å²) in [6.45, 7) is 0.892. The van der Waals surface area contributed by atoms with E-state index in [-0.39, 0.29) is 5.91 Å². The summed E-state index contributed by atoms with van der Waals surface area (Å²) >= 11 is 3.44. The number of aromatic nitrogens is 4. The molecule has 0 fully saturated rings. The van der Waals surface area contributed by atoms with Crippen LogP contribution in [0, 0.1) is 0 Å². The maximum atomic E-state index is 13.1. The van der Waals surface area contributed by atoms with Gasteiger partial charge in [-0.15, -0.1) is 0 Å². The summed E-state index contributed by atoms with van der Waals surface area (Å²) in [6.07, 6.45) is 1.70. The maximum Gasteiger partial charge on any atom is 0.251 e. The summed E-state index contributed by atoms with van der Waals surface area (Å²) in [6, 6.07) is 22.9. The third kappa shape index (κ3) is 5.52. The summed E-state index contributed by atoms with van der Waals surface area (Å²) < 4.78 is 6.08. The molecule has 36 heavy (non-hydrogen) atoms. The van der Waals surface area contributed by atoms with Crippen molar-refractivity contribution in [2.45, 2.75) is 13.1 Å². The minimum absolute atomic E-state index is 0.180. The molecule has 3 heterocycles. The number of rotatable bonds is 8. The Kier molecular flexibility index (Phi) is 6.90. The number of benzene rings is 2. The minimum atomic E-state index is -0.180. The van der Waals surface area contributed by atoms with E-state index < -0.39 is 0 Å². The average molecular weight is 543 g/mol. The van der Waals surface area contributed by atoms with Gasteiger partial charge in [0, 0.05) is 40.1 Å². The van der Waals surface area contributed by atoms with Crippen LogP contribution in [0.2, 0.25) is 0 Å². The van der Waals surface area contributed by atoms with Crippen LogP contribution in [0.4, 0.5) is 5.69 Å². The number of nitrogens with one attached hydrogen (secondary N) is 3. The Morgan fingerprint density at radius 2 is 1.86 bits per heavy atom. The van der Waals surface area contributed by atoms with E-state index in [0.717, 1.165) is 32.5 Å². The quantitative estimate of drug-likeness (QED) is 0.244. The number of amides is 1. The molecular weight excluding hydrogens is 520 g/mol. The molecule has 0 saturated carbocycles. The van der Waals surface area contributed by atoms with Gasteiger partial charge in [0.1, 0.15) is 5.82 Å². The Morgan fingerprint density at radius 3 is 2.69 bits per heavy atom. The van der Waals surface area contributed by atoms with Crippen LogP contribution in [0.3, 0.4) is 0 Å². The zero-order chi connectivity index (χ0) is 24.9. The van der Waals surface area contributed by atoms with Crippen molar-refractivity contribution in [1.82, 2.24) is 25.3 Å². The molecule has 0 atom stereocenters. The Morgan fingerprint density at radius 1 is 1.00 bits per heavy atom. The molecule has 3 aromatic heterocycles. The second kappa shape index (κ2) is 10.6. The van der Waals surface area contributed by atoms with Crippen LogP contribution < -0.4 is 15.4 Å². The van der Waals surface area contributed by atoms with Gasteiger partial charge < -0.3 is 20.4 Å². The maximum absolute atomic E-state index is 13.1. The fraction of sp³-hybridized carbons (Fsp3) is 0.111. The summed E-state index contributed by atoms with van der Waals surface area (Å²) in [5.41, 5.74) is 5.27. The van der Waals surface area contributed by atoms with Crippen molar-refractivity contribution in [3.8, 4) is 17.3 Å². The molecule has 8 nitrogen and oxygen atoms in total. The molecule has 3 N–H and O–H groups in total. The average Bonchev–Trinajstić information content (AvgIpc) is 3.34. The van der Waals surface area contributed by atoms with Gasteiger partial charge in [0.2, 0.25) is 5.88 Å². The van der Waals surface area contributed by atoms with Gasteiger partial charge in [-0.25, -0.2) is 15.0 Å². The van der Waals surface area contributed by atoms with Gasteiger partial charge in [-0.3, -0.25) is 4.79 Å². The molecule has 0 unspecified atom stereocenters. The van der Waals surface area contributed by atoms with E-state index in [4.69, 9.17) is 4.74 Å². The van der Waals surface area contributed by atoms with Gasteiger partial charge in [0.05, 0.1) is 24.9 Å². The van der Waals surface area contributed by atoms with Gasteiger partial charge in [-0.1, -0.05) is 36.4 Å². The number of methoxy groups -OCH3 is 1. The third-order valence-corrected chi connectivity index (χ3v) is 5.97. The molecule has 0 aliphatic rings. The molecule has 1 amide bonds. The number of carbonyl (C=O) groups excluding carboxylic acids is 1. The first-order valence-electron chi connectivity index (χ1n) is 11.3. The van der Waals surface area contributed by atoms with Crippen molar-refractivity contribution < 1.29 is 9.53 Å². The van der Waals surface area contributed by atoms with Crippen LogP contribution >= 0.6 is 15.9 Å². The number of fused-ring (bicyclic) bond motifs is 1. The summed E-state index contributed by atoms with van der Waals surface area (Å²) in [4.78, 5) is 29.8. The lowest BCUT2D eigenvalue weighted by molar-refractivity contribution is 0.0951. The van der Waals surface area contributed by atoms with Crippen molar-refractivity contribution in [3.63, 3.8) is 0 Å². The van der Waals surface area contributed by atoms with E-state index in [9.17, 15) is 4.79 Å². The fourth-order valence-electron chi connectivity index (χ4n) is 3.75. The number of anilines is 1. The van der Waals surface area contributed by atoms with Crippen molar-refractivity contribution in [2.24, 2.45) is 0 Å². The zero-order valence-corrected chi connectivity index (χ0v) is 21.0. The van der Waals surface area contributed by atoms with Gasteiger partial charge in [0.25, 0.3) is 5.91 Å².